The van der Waals surface area contributed by atoms with Crippen LogP contribution in [0.2, 0.25) is 0 Å². The van der Waals surface area contributed by atoms with Gasteiger partial charge < -0.3 is 19.5 Å². The summed E-state index contributed by atoms with van der Waals surface area (Å²) < 4.78 is 15.4. The summed E-state index contributed by atoms with van der Waals surface area (Å²) >= 11 is 6.77. The zero-order chi connectivity index (χ0) is 17.0. The molecule has 0 spiro atoms. The topological polar surface area (TPSA) is 73.9 Å². The summed E-state index contributed by atoms with van der Waals surface area (Å²) in [6.07, 6.45) is 2.61. The zero-order valence-corrected chi connectivity index (χ0v) is 15.2. The molecule has 2 bridgehead atoms. The number of amides is 1. The SMILES string of the molecule is CCOC(=S)S[C@H]1[C@@H]2CC[C@@H](C2)[C@H]1C(NC(=O)OC)C(=O)OC. The van der Waals surface area contributed by atoms with E-state index < -0.39 is 18.1 Å². The van der Waals surface area contributed by atoms with Crippen LogP contribution in [-0.4, -0.2) is 48.6 Å². The fourth-order valence-corrected chi connectivity index (χ4v) is 5.64. The number of carbonyl (C=O) groups is 2. The maximum atomic E-state index is 12.2. The number of fused-ring (bicyclic) bond motifs is 2. The molecule has 5 atom stereocenters. The largest absolute Gasteiger partial charge is 0.479 e. The van der Waals surface area contributed by atoms with E-state index in [4.69, 9.17) is 21.7 Å². The molecule has 1 unspecified atom stereocenters. The van der Waals surface area contributed by atoms with Crippen molar-refractivity contribution in [2.24, 2.45) is 17.8 Å². The van der Waals surface area contributed by atoms with Crippen molar-refractivity contribution in [3.8, 4) is 0 Å². The number of thiocarbonyl (C=S) groups is 1. The van der Waals surface area contributed by atoms with Gasteiger partial charge in [0.1, 0.15) is 6.04 Å². The van der Waals surface area contributed by atoms with Crippen molar-refractivity contribution >= 4 is 40.4 Å². The Morgan fingerprint density at radius 1 is 1.26 bits per heavy atom. The van der Waals surface area contributed by atoms with E-state index in [1.54, 1.807) is 0 Å². The van der Waals surface area contributed by atoms with Gasteiger partial charge in [0.25, 0.3) is 0 Å². The lowest BCUT2D eigenvalue weighted by molar-refractivity contribution is -0.145. The van der Waals surface area contributed by atoms with E-state index in [1.165, 1.54) is 26.0 Å². The third-order valence-corrected chi connectivity index (χ3v) is 6.38. The Hall–Kier alpha value is -1.02. The van der Waals surface area contributed by atoms with E-state index in [9.17, 15) is 9.59 Å². The summed E-state index contributed by atoms with van der Waals surface area (Å²) in [5.41, 5.74) is 0. The van der Waals surface area contributed by atoms with Crippen LogP contribution in [-0.2, 0) is 19.0 Å². The van der Waals surface area contributed by atoms with Gasteiger partial charge in [-0.25, -0.2) is 9.59 Å². The van der Waals surface area contributed by atoms with Gasteiger partial charge in [0.15, 0.2) is 0 Å². The highest BCUT2D eigenvalue weighted by Crippen LogP contribution is 2.54. The molecule has 0 aromatic rings. The Morgan fingerprint density at radius 2 is 1.96 bits per heavy atom. The second-order valence-corrected chi connectivity index (χ2v) is 7.59. The summed E-state index contributed by atoms with van der Waals surface area (Å²) in [6, 6.07) is -0.718. The van der Waals surface area contributed by atoms with Crippen LogP contribution in [0.5, 0.6) is 0 Å². The molecule has 23 heavy (non-hydrogen) atoms. The van der Waals surface area contributed by atoms with Gasteiger partial charge in [0, 0.05) is 11.2 Å². The third kappa shape index (κ3) is 4.09. The minimum atomic E-state index is -0.718. The first-order chi connectivity index (χ1) is 11.0. The van der Waals surface area contributed by atoms with Gasteiger partial charge in [0.2, 0.25) is 4.38 Å². The number of alkyl carbamates (subject to hydrolysis) is 1. The lowest BCUT2D eigenvalue weighted by Gasteiger charge is -2.34. The number of esters is 1. The summed E-state index contributed by atoms with van der Waals surface area (Å²) in [7, 11) is 2.61. The molecule has 0 heterocycles. The first-order valence-electron chi connectivity index (χ1n) is 7.77. The molecule has 2 rings (SSSR count). The van der Waals surface area contributed by atoms with Crippen LogP contribution >= 0.6 is 24.0 Å². The molecule has 2 aliphatic carbocycles. The van der Waals surface area contributed by atoms with Crippen LogP contribution in [0.3, 0.4) is 0 Å². The van der Waals surface area contributed by atoms with Crippen LogP contribution in [0.1, 0.15) is 26.2 Å². The average Bonchev–Trinajstić information content (AvgIpc) is 3.13. The number of methoxy groups -OCH3 is 2. The fraction of sp³-hybridized carbons (Fsp3) is 0.800. The maximum absolute atomic E-state index is 12.2. The Morgan fingerprint density at radius 3 is 2.57 bits per heavy atom. The predicted octanol–water partition coefficient (Wildman–Crippen LogP) is 2.35. The Bertz CT molecular complexity index is 473. The van der Waals surface area contributed by atoms with E-state index in [0.29, 0.717) is 22.8 Å². The summed E-state index contributed by atoms with van der Waals surface area (Å²) in [5.74, 6) is 0.396. The van der Waals surface area contributed by atoms with Gasteiger partial charge in [0.05, 0.1) is 20.8 Å². The zero-order valence-electron chi connectivity index (χ0n) is 13.6. The van der Waals surface area contributed by atoms with Crippen molar-refractivity contribution in [2.45, 2.75) is 37.5 Å². The number of hydrogen-bond donors (Lipinski definition) is 1. The van der Waals surface area contributed by atoms with Crippen LogP contribution in [0.15, 0.2) is 0 Å². The normalized spacial score (nSPS) is 29.7. The Labute approximate surface area is 146 Å². The number of hydrogen-bond acceptors (Lipinski definition) is 7. The second-order valence-electron chi connectivity index (χ2n) is 5.81. The minimum Gasteiger partial charge on any atom is -0.479 e. The van der Waals surface area contributed by atoms with E-state index in [-0.39, 0.29) is 11.2 Å². The van der Waals surface area contributed by atoms with Gasteiger partial charge in [-0.1, -0.05) is 11.8 Å². The monoisotopic (exact) mass is 361 g/mol. The molecule has 0 saturated heterocycles. The van der Waals surface area contributed by atoms with Crippen LogP contribution < -0.4 is 5.32 Å². The number of thioether (sulfide) groups is 1. The highest BCUT2D eigenvalue weighted by Gasteiger charge is 2.53. The summed E-state index contributed by atoms with van der Waals surface area (Å²) in [5, 5.41) is 2.79. The van der Waals surface area contributed by atoms with E-state index >= 15 is 0 Å². The Balaban J connectivity index is 2.18. The maximum Gasteiger partial charge on any atom is 0.407 e. The third-order valence-electron chi connectivity index (χ3n) is 4.70. The molecular weight excluding hydrogens is 338 g/mol. The molecule has 2 aliphatic rings. The molecule has 2 saturated carbocycles. The molecule has 8 heteroatoms. The first-order valence-corrected chi connectivity index (χ1v) is 9.06. The van der Waals surface area contributed by atoms with Crippen molar-refractivity contribution in [3.63, 3.8) is 0 Å². The smallest absolute Gasteiger partial charge is 0.407 e. The second kappa shape index (κ2) is 8.19. The van der Waals surface area contributed by atoms with Gasteiger partial charge in [-0.2, -0.15) is 0 Å². The average molecular weight is 361 g/mol. The molecular formula is C15H23NO5S2. The van der Waals surface area contributed by atoms with Gasteiger partial charge in [-0.15, -0.1) is 0 Å². The summed E-state index contributed by atoms with van der Waals surface area (Å²) in [4.78, 5) is 23.9. The molecule has 130 valence electrons. The lowest BCUT2D eigenvalue weighted by Crippen LogP contribution is -2.51. The predicted molar refractivity (Wildman–Crippen MR) is 91.3 cm³/mol. The molecule has 6 nitrogen and oxygen atoms in total. The van der Waals surface area contributed by atoms with Crippen molar-refractivity contribution in [3.05, 3.63) is 0 Å². The molecule has 2 fully saturated rings. The molecule has 0 aromatic heterocycles. The molecule has 1 N–H and O–H groups in total. The van der Waals surface area contributed by atoms with E-state index in [2.05, 4.69) is 10.1 Å². The number of rotatable bonds is 5. The number of nitrogens with one attached hydrogen (secondary N) is 1. The standard InChI is InChI=1S/C15H23NO5S2/c1-4-21-15(22)23-12-9-6-5-8(7-9)10(12)11(13(17)19-2)16-14(18)20-3/h8-12H,4-7H2,1-3H3,(H,16,18)/t8-,9+,10-,11?,12-/m0/s1. The molecule has 0 aromatic carbocycles. The Kier molecular flexibility index (Phi) is 6.52. The van der Waals surface area contributed by atoms with Gasteiger partial charge in [-0.3, -0.25) is 0 Å². The van der Waals surface area contributed by atoms with Crippen LogP contribution in [0, 0.1) is 17.8 Å². The van der Waals surface area contributed by atoms with Crippen LogP contribution in [0.25, 0.3) is 0 Å². The van der Waals surface area contributed by atoms with Crippen molar-refractivity contribution < 1.29 is 23.8 Å². The van der Waals surface area contributed by atoms with E-state index in [1.807, 2.05) is 6.92 Å². The number of ether oxygens (including phenoxy) is 3. The van der Waals surface area contributed by atoms with Gasteiger partial charge >= 0.3 is 12.1 Å². The highest BCUT2D eigenvalue weighted by atomic mass is 32.2. The van der Waals surface area contributed by atoms with Crippen LogP contribution in [0.4, 0.5) is 4.79 Å². The fourth-order valence-electron chi connectivity index (χ4n) is 3.81. The molecule has 0 radical (unpaired) electrons. The minimum absolute atomic E-state index is 0.0243. The van der Waals surface area contributed by atoms with Crippen molar-refractivity contribution in [1.82, 2.24) is 5.32 Å². The highest BCUT2D eigenvalue weighted by molar-refractivity contribution is 8.23. The van der Waals surface area contributed by atoms with Crippen molar-refractivity contribution in [1.29, 1.82) is 0 Å². The molecule has 0 aliphatic heterocycles. The quantitative estimate of drug-likeness (QED) is 0.595. The van der Waals surface area contributed by atoms with Crippen molar-refractivity contribution in [2.75, 3.05) is 20.8 Å². The molecule has 1 amide bonds. The lowest BCUT2D eigenvalue weighted by atomic mass is 9.82. The number of carbonyl (C=O) groups excluding carboxylic acids is 2. The first kappa shape index (κ1) is 18.3. The van der Waals surface area contributed by atoms with Gasteiger partial charge in [-0.05, 0) is 50.2 Å². The summed E-state index contributed by atoms with van der Waals surface area (Å²) in [6.45, 7) is 2.42. The van der Waals surface area contributed by atoms with E-state index in [0.717, 1.165) is 19.3 Å².